The molecule has 1 aromatic heterocycles. The van der Waals surface area contributed by atoms with E-state index in [0.29, 0.717) is 11.9 Å². The zero-order chi connectivity index (χ0) is 16.2. The summed E-state index contributed by atoms with van der Waals surface area (Å²) in [5.41, 5.74) is 0.896. The molecular formula is C17H26N4O2. The van der Waals surface area contributed by atoms with E-state index in [9.17, 15) is 4.79 Å². The highest BCUT2D eigenvalue weighted by molar-refractivity contribution is 5.79. The van der Waals surface area contributed by atoms with Gasteiger partial charge < -0.3 is 14.5 Å². The molecule has 6 nitrogen and oxygen atoms in total. The fraction of sp³-hybridized carbons (Fsp3) is 0.706. The molecule has 3 rings (SSSR count). The molecule has 1 amide bonds. The van der Waals surface area contributed by atoms with E-state index >= 15 is 0 Å². The molecule has 6 heteroatoms. The summed E-state index contributed by atoms with van der Waals surface area (Å²) < 4.78 is 5.15. The number of anilines is 1. The van der Waals surface area contributed by atoms with Gasteiger partial charge in [-0.2, -0.15) is 4.98 Å². The van der Waals surface area contributed by atoms with E-state index in [-0.39, 0.29) is 5.92 Å². The maximum Gasteiger partial charge on any atom is 0.318 e. The normalized spacial score (nSPS) is 19.7. The molecule has 2 fully saturated rings. The highest BCUT2D eigenvalue weighted by Crippen LogP contribution is 2.26. The Hall–Kier alpha value is -1.85. The number of aryl methyl sites for hydroxylation is 1. The summed E-state index contributed by atoms with van der Waals surface area (Å²) in [5.74, 6) is 1.51. The molecule has 0 N–H and O–H groups in total. The SMILES string of the molecule is COc1nc(C)cc(N2CCN(C(=O)C3CCCCC3)CC2)n1. The van der Waals surface area contributed by atoms with Crippen LogP contribution in [0.5, 0.6) is 6.01 Å². The quantitative estimate of drug-likeness (QED) is 0.853. The first-order valence-electron chi connectivity index (χ1n) is 8.61. The summed E-state index contributed by atoms with van der Waals surface area (Å²) in [6.07, 6.45) is 5.84. The molecule has 1 aromatic rings. The molecule has 2 heterocycles. The Labute approximate surface area is 137 Å². The van der Waals surface area contributed by atoms with E-state index in [1.807, 2.05) is 17.9 Å². The van der Waals surface area contributed by atoms with Crippen molar-refractivity contribution >= 4 is 11.7 Å². The molecule has 126 valence electrons. The van der Waals surface area contributed by atoms with Gasteiger partial charge in [-0.3, -0.25) is 4.79 Å². The number of methoxy groups -OCH3 is 1. The second-order valence-electron chi connectivity index (χ2n) is 6.50. The molecule has 2 aliphatic rings. The van der Waals surface area contributed by atoms with E-state index in [0.717, 1.165) is 50.5 Å². The van der Waals surface area contributed by atoms with Crippen LogP contribution in [0.15, 0.2) is 6.07 Å². The van der Waals surface area contributed by atoms with Crippen molar-refractivity contribution in [3.05, 3.63) is 11.8 Å². The predicted molar refractivity (Wildman–Crippen MR) is 88.7 cm³/mol. The Morgan fingerprint density at radius 2 is 1.83 bits per heavy atom. The van der Waals surface area contributed by atoms with Crippen molar-refractivity contribution < 1.29 is 9.53 Å². The molecule has 0 spiro atoms. The van der Waals surface area contributed by atoms with Gasteiger partial charge >= 0.3 is 6.01 Å². The Bertz CT molecular complexity index is 550. The third-order valence-corrected chi connectivity index (χ3v) is 4.87. The Morgan fingerprint density at radius 3 is 2.48 bits per heavy atom. The first-order chi connectivity index (χ1) is 11.2. The lowest BCUT2D eigenvalue weighted by Crippen LogP contribution is -2.50. The van der Waals surface area contributed by atoms with Crippen LogP contribution in [-0.2, 0) is 4.79 Å². The number of ether oxygens (including phenoxy) is 1. The van der Waals surface area contributed by atoms with Crippen LogP contribution in [-0.4, -0.2) is 54.1 Å². The monoisotopic (exact) mass is 318 g/mol. The van der Waals surface area contributed by atoms with Crippen LogP contribution in [0.1, 0.15) is 37.8 Å². The van der Waals surface area contributed by atoms with Crippen molar-refractivity contribution in [1.82, 2.24) is 14.9 Å². The van der Waals surface area contributed by atoms with Crippen LogP contribution in [0.2, 0.25) is 0 Å². The summed E-state index contributed by atoms with van der Waals surface area (Å²) >= 11 is 0. The summed E-state index contributed by atoms with van der Waals surface area (Å²) in [6, 6.07) is 2.38. The minimum Gasteiger partial charge on any atom is -0.467 e. The van der Waals surface area contributed by atoms with Crippen LogP contribution in [0.3, 0.4) is 0 Å². The molecule has 23 heavy (non-hydrogen) atoms. The van der Waals surface area contributed by atoms with Gasteiger partial charge in [-0.1, -0.05) is 19.3 Å². The van der Waals surface area contributed by atoms with E-state index < -0.39 is 0 Å². The molecule has 0 atom stereocenters. The van der Waals surface area contributed by atoms with Gasteiger partial charge in [0.25, 0.3) is 0 Å². The fourth-order valence-corrected chi connectivity index (χ4v) is 3.54. The molecule has 1 aliphatic carbocycles. The van der Waals surface area contributed by atoms with Crippen molar-refractivity contribution in [3.8, 4) is 6.01 Å². The minimum atomic E-state index is 0.261. The van der Waals surface area contributed by atoms with E-state index in [2.05, 4.69) is 14.9 Å². The molecule has 1 saturated carbocycles. The lowest BCUT2D eigenvalue weighted by Gasteiger charge is -2.37. The molecule has 0 aromatic carbocycles. The molecular weight excluding hydrogens is 292 g/mol. The minimum absolute atomic E-state index is 0.261. The third-order valence-electron chi connectivity index (χ3n) is 4.87. The summed E-state index contributed by atoms with van der Waals surface area (Å²) in [5, 5.41) is 0. The molecule has 0 radical (unpaired) electrons. The smallest absolute Gasteiger partial charge is 0.318 e. The number of hydrogen-bond acceptors (Lipinski definition) is 5. The molecule has 0 bridgehead atoms. The topological polar surface area (TPSA) is 58.6 Å². The molecule has 1 aliphatic heterocycles. The second-order valence-corrected chi connectivity index (χ2v) is 6.50. The van der Waals surface area contributed by atoms with E-state index in [4.69, 9.17) is 4.74 Å². The van der Waals surface area contributed by atoms with Gasteiger partial charge in [0.05, 0.1) is 7.11 Å². The van der Waals surface area contributed by atoms with Crippen LogP contribution >= 0.6 is 0 Å². The van der Waals surface area contributed by atoms with Gasteiger partial charge in [0.15, 0.2) is 0 Å². The lowest BCUT2D eigenvalue weighted by atomic mass is 9.88. The first kappa shape index (κ1) is 16.0. The Balaban J connectivity index is 1.59. The van der Waals surface area contributed by atoms with Crippen LogP contribution < -0.4 is 9.64 Å². The average molecular weight is 318 g/mol. The largest absolute Gasteiger partial charge is 0.467 e. The fourth-order valence-electron chi connectivity index (χ4n) is 3.54. The van der Waals surface area contributed by atoms with E-state index in [1.165, 1.54) is 19.3 Å². The van der Waals surface area contributed by atoms with Gasteiger partial charge in [0, 0.05) is 43.9 Å². The molecule has 0 unspecified atom stereocenters. The summed E-state index contributed by atoms with van der Waals surface area (Å²) in [6.45, 7) is 5.13. The highest BCUT2D eigenvalue weighted by atomic mass is 16.5. The first-order valence-corrected chi connectivity index (χ1v) is 8.61. The van der Waals surface area contributed by atoms with Crippen molar-refractivity contribution in [1.29, 1.82) is 0 Å². The van der Waals surface area contributed by atoms with E-state index in [1.54, 1.807) is 7.11 Å². The maximum absolute atomic E-state index is 12.6. The van der Waals surface area contributed by atoms with Crippen molar-refractivity contribution in [2.45, 2.75) is 39.0 Å². The van der Waals surface area contributed by atoms with Crippen LogP contribution in [0.4, 0.5) is 5.82 Å². The van der Waals surface area contributed by atoms with Crippen molar-refractivity contribution in [2.75, 3.05) is 38.2 Å². The number of aromatic nitrogens is 2. The Kier molecular flexibility index (Phi) is 4.98. The Morgan fingerprint density at radius 1 is 1.13 bits per heavy atom. The number of carbonyl (C=O) groups is 1. The zero-order valence-electron chi connectivity index (χ0n) is 14.1. The number of hydrogen-bond donors (Lipinski definition) is 0. The maximum atomic E-state index is 12.6. The van der Waals surface area contributed by atoms with Gasteiger partial charge in [-0.25, -0.2) is 4.98 Å². The van der Waals surface area contributed by atoms with Crippen molar-refractivity contribution in [2.24, 2.45) is 5.92 Å². The summed E-state index contributed by atoms with van der Waals surface area (Å²) in [4.78, 5) is 25.5. The van der Waals surface area contributed by atoms with Crippen LogP contribution in [0.25, 0.3) is 0 Å². The lowest BCUT2D eigenvalue weighted by molar-refractivity contribution is -0.136. The van der Waals surface area contributed by atoms with Gasteiger partial charge in [-0.15, -0.1) is 0 Å². The highest BCUT2D eigenvalue weighted by Gasteiger charge is 2.28. The van der Waals surface area contributed by atoms with Gasteiger partial charge in [0.2, 0.25) is 5.91 Å². The van der Waals surface area contributed by atoms with Crippen molar-refractivity contribution in [3.63, 3.8) is 0 Å². The average Bonchev–Trinajstić information content (AvgIpc) is 2.61. The van der Waals surface area contributed by atoms with Gasteiger partial charge in [0.1, 0.15) is 5.82 Å². The second kappa shape index (κ2) is 7.15. The predicted octanol–water partition coefficient (Wildman–Crippen LogP) is 2.02. The standard InChI is InChI=1S/C17H26N4O2/c1-13-12-15(19-17(18-13)23-2)20-8-10-21(11-9-20)16(22)14-6-4-3-5-7-14/h12,14H,3-11H2,1-2H3. The molecule has 1 saturated heterocycles. The zero-order valence-corrected chi connectivity index (χ0v) is 14.1. The number of nitrogens with zero attached hydrogens (tertiary/aromatic N) is 4. The van der Waals surface area contributed by atoms with Gasteiger partial charge in [-0.05, 0) is 19.8 Å². The number of carbonyl (C=O) groups excluding carboxylic acids is 1. The number of piperazine rings is 1. The number of rotatable bonds is 3. The number of amides is 1. The summed E-state index contributed by atoms with van der Waals surface area (Å²) in [7, 11) is 1.58. The third kappa shape index (κ3) is 3.74. The van der Waals surface area contributed by atoms with Crippen LogP contribution in [0, 0.1) is 12.8 Å².